The number of benzene rings is 2. The first-order valence-corrected chi connectivity index (χ1v) is 20.5. The van der Waals surface area contributed by atoms with Crippen molar-refractivity contribution in [3.8, 4) is 0 Å². The summed E-state index contributed by atoms with van der Waals surface area (Å²) in [5.41, 5.74) is 2.25. The summed E-state index contributed by atoms with van der Waals surface area (Å²) >= 11 is 0. The van der Waals surface area contributed by atoms with Crippen LogP contribution in [0, 0.1) is 17.8 Å². The van der Waals surface area contributed by atoms with Crippen LogP contribution in [-0.2, 0) is 40.5 Å². The van der Waals surface area contributed by atoms with Crippen LogP contribution in [0.15, 0.2) is 54.6 Å². The number of amides is 3. The number of hydrogen-bond donors (Lipinski definition) is 4. The van der Waals surface area contributed by atoms with E-state index < -0.39 is 60.3 Å². The van der Waals surface area contributed by atoms with Crippen molar-refractivity contribution in [2.45, 2.75) is 124 Å². The molecule has 0 aliphatic carbocycles. The number of Topliss-reactive ketones (excluding diaryl/α,β-unsaturated/α-hetero) is 2. The normalized spacial score (nSPS) is 14.2. The zero-order valence-electron chi connectivity index (χ0n) is 35.7. The van der Waals surface area contributed by atoms with Gasteiger partial charge in [0.2, 0.25) is 11.8 Å². The highest BCUT2D eigenvalue weighted by molar-refractivity contribution is 5.99. The van der Waals surface area contributed by atoms with Gasteiger partial charge in [-0.1, -0.05) is 104 Å². The smallest absolute Gasteiger partial charge is 0.330 e. The maximum atomic E-state index is 13.9. The van der Waals surface area contributed by atoms with Crippen LogP contribution in [0.2, 0.25) is 0 Å². The molecule has 0 aliphatic heterocycles. The molecule has 0 radical (unpaired) electrons. The number of rotatable bonds is 25. The Morgan fingerprint density at radius 1 is 0.754 bits per heavy atom. The Labute approximate surface area is 340 Å². The number of aliphatic hydroxyl groups excluding tert-OH is 1. The van der Waals surface area contributed by atoms with E-state index in [9.17, 15) is 33.9 Å². The Morgan fingerprint density at radius 2 is 1.35 bits per heavy atom. The fourth-order valence-electron chi connectivity index (χ4n) is 6.64. The van der Waals surface area contributed by atoms with Gasteiger partial charge in [-0.3, -0.25) is 24.0 Å². The molecule has 0 bridgehead atoms. The number of esters is 1. The highest BCUT2D eigenvalue weighted by atomic mass is 16.5. The SMILES string of the molecule is CCN(CC)CCCC[C@H](CC(=O)[C@@H](CC(C)C)NC(=O)[C@H](C)CC(=O)[C@H](Cc1ccccc1)NC(=O)c1ccc(C(C)(C)C)cc1)C(=O)N[C@@H](CO)C(=O)OC. The van der Waals surface area contributed by atoms with Crippen molar-refractivity contribution in [1.29, 1.82) is 0 Å². The van der Waals surface area contributed by atoms with E-state index in [1.807, 2.05) is 56.3 Å². The molecule has 2 aromatic carbocycles. The summed E-state index contributed by atoms with van der Waals surface area (Å²) in [6.45, 7) is 17.8. The second kappa shape index (κ2) is 24.4. The summed E-state index contributed by atoms with van der Waals surface area (Å²) in [6.07, 6.45) is 1.98. The van der Waals surface area contributed by atoms with Crippen LogP contribution in [0.4, 0.5) is 0 Å². The molecule has 0 saturated heterocycles. The summed E-state index contributed by atoms with van der Waals surface area (Å²) in [4.78, 5) is 82.8. The van der Waals surface area contributed by atoms with Gasteiger partial charge in [-0.05, 0) is 79.9 Å². The largest absolute Gasteiger partial charge is 0.467 e. The van der Waals surface area contributed by atoms with E-state index in [4.69, 9.17) is 4.74 Å². The lowest BCUT2D eigenvalue weighted by Gasteiger charge is -2.25. The monoisotopic (exact) mass is 793 g/mol. The van der Waals surface area contributed by atoms with Gasteiger partial charge in [-0.15, -0.1) is 0 Å². The number of hydrogen-bond acceptors (Lipinski definition) is 9. The summed E-state index contributed by atoms with van der Waals surface area (Å²) in [7, 11) is 1.16. The van der Waals surface area contributed by atoms with E-state index >= 15 is 0 Å². The quantitative estimate of drug-likeness (QED) is 0.0781. The molecular weight excluding hydrogens is 725 g/mol. The van der Waals surface area contributed by atoms with Crippen LogP contribution in [0.1, 0.15) is 115 Å². The standard InChI is InChI=1S/C45H68N4O8/c1-10-49(11-2)24-16-15-19-34(43(55)48-38(29-50)44(56)57-9)28-40(52)36(25-30(3)4)46-41(53)31(5)26-39(51)37(27-32-17-13-12-14-18-32)47-42(54)33-20-22-35(23-21-33)45(6,7)8/h12-14,17-18,20-23,30-31,34,36-38,50H,10-11,15-16,19,24-29H2,1-9H3,(H,46,53)(H,47,54)(H,48,55)/t31-,34-,36-,37+,38+/m1/s1. The summed E-state index contributed by atoms with van der Waals surface area (Å²) in [5.74, 6) is -4.53. The van der Waals surface area contributed by atoms with E-state index in [0.717, 1.165) is 44.3 Å². The number of ketones is 2. The van der Waals surface area contributed by atoms with Crippen molar-refractivity contribution < 1.29 is 38.6 Å². The fraction of sp³-hybridized carbons (Fsp3) is 0.600. The third-order valence-corrected chi connectivity index (χ3v) is 10.3. The third kappa shape index (κ3) is 16.9. The number of carbonyl (C=O) groups excluding carboxylic acids is 6. The maximum absolute atomic E-state index is 13.9. The molecule has 0 aromatic heterocycles. The highest BCUT2D eigenvalue weighted by Gasteiger charge is 2.32. The lowest BCUT2D eigenvalue weighted by Crippen LogP contribution is -2.49. The van der Waals surface area contributed by atoms with Crippen molar-refractivity contribution in [2.24, 2.45) is 17.8 Å². The van der Waals surface area contributed by atoms with Crippen LogP contribution in [0.25, 0.3) is 0 Å². The topological polar surface area (TPSA) is 171 Å². The van der Waals surface area contributed by atoms with Crippen molar-refractivity contribution >= 4 is 35.3 Å². The minimum absolute atomic E-state index is 0.0126. The van der Waals surface area contributed by atoms with E-state index in [1.165, 1.54) is 0 Å². The lowest BCUT2D eigenvalue weighted by molar-refractivity contribution is -0.147. The fourth-order valence-corrected chi connectivity index (χ4v) is 6.64. The van der Waals surface area contributed by atoms with Gasteiger partial charge in [0.05, 0.1) is 25.8 Å². The van der Waals surface area contributed by atoms with Gasteiger partial charge in [0.25, 0.3) is 5.91 Å². The molecule has 12 heteroatoms. The number of unbranched alkanes of at least 4 members (excludes halogenated alkanes) is 1. The van der Waals surface area contributed by atoms with E-state index in [1.54, 1.807) is 19.1 Å². The highest BCUT2D eigenvalue weighted by Crippen LogP contribution is 2.23. The molecule has 316 valence electrons. The average Bonchev–Trinajstić information content (AvgIpc) is 3.18. The van der Waals surface area contributed by atoms with Crippen molar-refractivity contribution in [3.63, 3.8) is 0 Å². The van der Waals surface area contributed by atoms with Gasteiger partial charge < -0.3 is 30.7 Å². The van der Waals surface area contributed by atoms with Gasteiger partial charge in [0.1, 0.15) is 0 Å². The number of ether oxygens (including phenoxy) is 1. The van der Waals surface area contributed by atoms with Crippen LogP contribution in [0.3, 0.4) is 0 Å². The Morgan fingerprint density at radius 3 is 1.89 bits per heavy atom. The Bertz CT molecular complexity index is 1580. The van der Waals surface area contributed by atoms with Crippen LogP contribution >= 0.6 is 0 Å². The van der Waals surface area contributed by atoms with Crippen LogP contribution in [0.5, 0.6) is 0 Å². The number of carbonyl (C=O) groups is 6. The number of nitrogens with zero attached hydrogens (tertiary/aromatic N) is 1. The molecule has 12 nitrogen and oxygen atoms in total. The molecule has 0 aliphatic rings. The maximum Gasteiger partial charge on any atom is 0.330 e. The third-order valence-electron chi connectivity index (χ3n) is 10.3. The second-order valence-corrected chi connectivity index (χ2v) is 16.5. The predicted octanol–water partition coefficient (Wildman–Crippen LogP) is 5.19. The zero-order valence-corrected chi connectivity index (χ0v) is 35.7. The predicted molar refractivity (Wildman–Crippen MR) is 223 cm³/mol. The first-order chi connectivity index (χ1) is 26.9. The Kier molecular flexibility index (Phi) is 20.8. The molecule has 57 heavy (non-hydrogen) atoms. The lowest BCUT2D eigenvalue weighted by atomic mass is 9.86. The van der Waals surface area contributed by atoms with Gasteiger partial charge >= 0.3 is 5.97 Å². The first-order valence-electron chi connectivity index (χ1n) is 20.5. The minimum Gasteiger partial charge on any atom is -0.467 e. The molecule has 0 heterocycles. The molecule has 2 rings (SSSR count). The van der Waals surface area contributed by atoms with Crippen molar-refractivity contribution in [2.75, 3.05) is 33.4 Å². The van der Waals surface area contributed by atoms with Gasteiger partial charge in [-0.2, -0.15) is 0 Å². The van der Waals surface area contributed by atoms with Crippen LogP contribution in [-0.4, -0.2) is 96.7 Å². The molecular formula is C45H68N4O8. The Balaban J connectivity index is 2.23. The van der Waals surface area contributed by atoms with E-state index in [2.05, 4.69) is 55.5 Å². The van der Waals surface area contributed by atoms with E-state index in [-0.39, 0.29) is 42.2 Å². The summed E-state index contributed by atoms with van der Waals surface area (Å²) < 4.78 is 4.71. The van der Waals surface area contributed by atoms with Gasteiger partial charge in [0.15, 0.2) is 17.6 Å². The summed E-state index contributed by atoms with van der Waals surface area (Å²) in [6, 6.07) is 13.5. The minimum atomic E-state index is -1.27. The molecule has 0 spiro atoms. The molecule has 4 N–H and O–H groups in total. The molecule has 0 saturated carbocycles. The molecule has 2 aromatic rings. The van der Waals surface area contributed by atoms with E-state index in [0.29, 0.717) is 24.8 Å². The molecule has 0 unspecified atom stereocenters. The molecule has 0 fully saturated rings. The zero-order chi connectivity index (χ0) is 42.7. The van der Waals surface area contributed by atoms with Crippen molar-refractivity contribution in [3.05, 3.63) is 71.3 Å². The molecule has 5 atom stereocenters. The number of methoxy groups -OCH3 is 1. The number of aliphatic hydroxyl groups is 1. The Hall–Kier alpha value is -4.42. The molecule has 3 amide bonds. The van der Waals surface area contributed by atoms with Gasteiger partial charge in [0, 0.05) is 30.2 Å². The summed E-state index contributed by atoms with van der Waals surface area (Å²) in [5, 5.41) is 18.0. The average molecular weight is 793 g/mol. The second-order valence-electron chi connectivity index (χ2n) is 16.5. The number of nitrogens with one attached hydrogen (secondary N) is 3. The van der Waals surface area contributed by atoms with Gasteiger partial charge in [-0.25, -0.2) is 4.79 Å². The van der Waals surface area contributed by atoms with Crippen LogP contribution < -0.4 is 16.0 Å². The van der Waals surface area contributed by atoms with Crippen molar-refractivity contribution in [1.82, 2.24) is 20.9 Å². The first kappa shape index (κ1) is 48.7.